The molecule has 0 bridgehead atoms. The molecule has 0 spiro atoms. The zero-order valence-electron chi connectivity index (χ0n) is 14.0. The largest absolute Gasteiger partial charge is 0.389 e. The quantitative estimate of drug-likeness (QED) is 0.738. The minimum atomic E-state index is -0.515. The van der Waals surface area contributed by atoms with Crippen LogP contribution in [-0.4, -0.2) is 24.4 Å². The van der Waals surface area contributed by atoms with Crippen LogP contribution in [-0.2, 0) is 4.74 Å². The van der Waals surface area contributed by atoms with Gasteiger partial charge in [-0.15, -0.1) is 0 Å². The fourth-order valence-corrected chi connectivity index (χ4v) is 2.58. The Bertz CT molecular complexity index is 544. The predicted molar refractivity (Wildman–Crippen MR) is 94.3 cm³/mol. The van der Waals surface area contributed by atoms with E-state index >= 15 is 0 Å². The fourth-order valence-electron chi connectivity index (χ4n) is 2.58. The highest BCUT2D eigenvalue weighted by atomic mass is 16.5. The van der Waals surface area contributed by atoms with Gasteiger partial charge in [0.2, 0.25) is 0 Å². The number of ether oxygens (including phenoxy) is 1. The Morgan fingerprint density at radius 1 is 0.957 bits per heavy atom. The van der Waals surface area contributed by atoms with Gasteiger partial charge in [0.1, 0.15) is 0 Å². The molecule has 0 aliphatic heterocycles. The highest BCUT2D eigenvalue weighted by Crippen LogP contribution is 2.20. The van der Waals surface area contributed by atoms with Gasteiger partial charge in [-0.25, -0.2) is 0 Å². The Hall–Kier alpha value is -1.68. The first-order chi connectivity index (χ1) is 11.2. The van der Waals surface area contributed by atoms with Gasteiger partial charge in [0.05, 0.1) is 18.8 Å². The number of rotatable bonds is 9. The highest BCUT2D eigenvalue weighted by Gasteiger charge is 2.13. The van der Waals surface area contributed by atoms with Crippen molar-refractivity contribution in [1.29, 1.82) is 0 Å². The van der Waals surface area contributed by atoms with E-state index in [9.17, 15) is 5.11 Å². The van der Waals surface area contributed by atoms with Crippen molar-refractivity contribution in [3.63, 3.8) is 0 Å². The van der Waals surface area contributed by atoms with Crippen molar-refractivity contribution in [3.05, 3.63) is 71.8 Å². The number of benzene rings is 2. The summed E-state index contributed by atoms with van der Waals surface area (Å²) in [5.41, 5.74) is 2.38. The SMILES string of the molecule is CC[C@@H](OC[C@H](O)CN[C@@H](C)c1ccccc1)c1ccccc1. The van der Waals surface area contributed by atoms with E-state index in [-0.39, 0.29) is 12.1 Å². The molecule has 3 nitrogen and oxygen atoms in total. The van der Waals surface area contributed by atoms with Crippen molar-refractivity contribution in [2.75, 3.05) is 13.2 Å². The molecule has 2 aromatic rings. The van der Waals surface area contributed by atoms with E-state index in [0.717, 1.165) is 12.0 Å². The van der Waals surface area contributed by atoms with Crippen LogP contribution in [0.5, 0.6) is 0 Å². The molecular formula is C20H27NO2. The summed E-state index contributed by atoms with van der Waals surface area (Å²) in [5.74, 6) is 0. The number of hydrogen-bond donors (Lipinski definition) is 2. The van der Waals surface area contributed by atoms with Gasteiger partial charge >= 0.3 is 0 Å². The predicted octanol–water partition coefficient (Wildman–Crippen LogP) is 3.87. The molecule has 0 aliphatic carbocycles. The lowest BCUT2D eigenvalue weighted by Gasteiger charge is -2.21. The molecule has 2 aromatic carbocycles. The van der Waals surface area contributed by atoms with Crippen molar-refractivity contribution < 1.29 is 9.84 Å². The topological polar surface area (TPSA) is 41.5 Å². The Morgan fingerprint density at radius 3 is 2.09 bits per heavy atom. The summed E-state index contributed by atoms with van der Waals surface area (Å²) in [6.45, 7) is 5.05. The molecule has 0 aromatic heterocycles. The normalized spacial score (nSPS) is 15.1. The maximum Gasteiger partial charge on any atom is 0.0898 e. The molecule has 0 aliphatic rings. The lowest BCUT2D eigenvalue weighted by atomic mass is 10.1. The first-order valence-corrected chi connectivity index (χ1v) is 8.33. The van der Waals surface area contributed by atoms with Crippen molar-refractivity contribution in [2.45, 2.75) is 38.5 Å². The second kappa shape index (κ2) is 9.46. The smallest absolute Gasteiger partial charge is 0.0898 e. The molecule has 2 rings (SSSR count). The number of aliphatic hydroxyl groups excluding tert-OH is 1. The second-order valence-corrected chi connectivity index (χ2v) is 5.84. The van der Waals surface area contributed by atoms with Crippen molar-refractivity contribution in [1.82, 2.24) is 5.32 Å². The van der Waals surface area contributed by atoms with Crippen LogP contribution >= 0.6 is 0 Å². The first-order valence-electron chi connectivity index (χ1n) is 8.33. The molecule has 0 radical (unpaired) electrons. The third-order valence-electron chi connectivity index (χ3n) is 3.99. The van der Waals surface area contributed by atoms with Crippen LogP contribution in [0.4, 0.5) is 0 Å². The molecule has 23 heavy (non-hydrogen) atoms. The van der Waals surface area contributed by atoms with Gasteiger partial charge in [-0.1, -0.05) is 67.6 Å². The molecule has 124 valence electrons. The maximum absolute atomic E-state index is 10.1. The van der Waals surface area contributed by atoms with Gasteiger partial charge in [0.25, 0.3) is 0 Å². The lowest BCUT2D eigenvalue weighted by Crippen LogP contribution is -2.32. The Morgan fingerprint density at radius 2 is 1.52 bits per heavy atom. The fraction of sp³-hybridized carbons (Fsp3) is 0.400. The van der Waals surface area contributed by atoms with Gasteiger partial charge in [0, 0.05) is 12.6 Å². The molecule has 2 N–H and O–H groups in total. The summed E-state index contributed by atoms with van der Waals surface area (Å²) in [5, 5.41) is 13.5. The van der Waals surface area contributed by atoms with Gasteiger partial charge in [-0.05, 0) is 24.5 Å². The Balaban J connectivity index is 1.75. The number of hydrogen-bond acceptors (Lipinski definition) is 3. The monoisotopic (exact) mass is 313 g/mol. The summed E-state index contributed by atoms with van der Waals surface area (Å²) in [6.07, 6.45) is 0.418. The van der Waals surface area contributed by atoms with Crippen LogP contribution in [0, 0.1) is 0 Å². The zero-order chi connectivity index (χ0) is 16.5. The highest BCUT2D eigenvalue weighted by molar-refractivity contribution is 5.18. The van der Waals surface area contributed by atoms with Gasteiger partial charge in [0.15, 0.2) is 0 Å². The third kappa shape index (κ3) is 5.79. The molecule has 0 heterocycles. The molecule has 3 heteroatoms. The van der Waals surface area contributed by atoms with E-state index in [0.29, 0.717) is 13.2 Å². The van der Waals surface area contributed by atoms with Crippen molar-refractivity contribution in [2.24, 2.45) is 0 Å². The lowest BCUT2D eigenvalue weighted by molar-refractivity contribution is -0.0120. The first kappa shape index (κ1) is 17.7. The van der Waals surface area contributed by atoms with E-state index in [2.05, 4.69) is 43.4 Å². The number of nitrogens with one attached hydrogen (secondary N) is 1. The molecule has 3 atom stereocenters. The van der Waals surface area contributed by atoms with Gasteiger partial charge in [-0.2, -0.15) is 0 Å². The molecule has 0 amide bonds. The van der Waals surface area contributed by atoms with Gasteiger partial charge < -0.3 is 15.2 Å². The van der Waals surface area contributed by atoms with Crippen LogP contribution in [0.25, 0.3) is 0 Å². The minimum absolute atomic E-state index is 0.0393. The van der Waals surface area contributed by atoms with E-state index in [1.54, 1.807) is 0 Å². The summed E-state index contributed by atoms with van der Waals surface area (Å²) < 4.78 is 5.89. The van der Waals surface area contributed by atoms with Crippen molar-refractivity contribution >= 4 is 0 Å². The average molecular weight is 313 g/mol. The van der Waals surface area contributed by atoms with E-state index in [4.69, 9.17) is 4.74 Å². The summed E-state index contributed by atoms with van der Waals surface area (Å²) >= 11 is 0. The Kier molecular flexibility index (Phi) is 7.27. The zero-order valence-corrected chi connectivity index (χ0v) is 14.0. The van der Waals surface area contributed by atoms with Crippen LogP contribution in [0.15, 0.2) is 60.7 Å². The number of aliphatic hydroxyl groups is 1. The molecular weight excluding hydrogens is 286 g/mol. The van der Waals surface area contributed by atoms with Crippen LogP contribution < -0.4 is 5.32 Å². The maximum atomic E-state index is 10.1. The summed E-state index contributed by atoms with van der Waals surface area (Å²) in [6, 6.07) is 20.6. The van der Waals surface area contributed by atoms with Crippen LogP contribution in [0.3, 0.4) is 0 Å². The minimum Gasteiger partial charge on any atom is -0.389 e. The van der Waals surface area contributed by atoms with E-state index in [1.807, 2.05) is 36.4 Å². The molecule has 0 fully saturated rings. The summed E-state index contributed by atoms with van der Waals surface area (Å²) in [4.78, 5) is 0. The van der Waals surface area contributed by atoms with Crippen LogP contribution in [0.1, 0.15) is 43.5 Å². The van der Waals surface area contributed by atoms with Crippen LogP contribution in [0.2, 0.25) is 0 Å². The van der Waals surface area contributed by atoms with E-state index < -0.39 is 6.10 Å². The molecule has 0 saturated heterocycles. The average Bonchev–Trinajstić information content (AvgIpc) is 2.62. The standard InChI is InChI=1S/C20H27NO2/c1-3-20(18-12-8-5-9-13-18)23-15-19(22)14-21-16(2)17-10-6-4-7-11-17/h4-13,16,19-22H,3,14-15H2,1-2H3/t16-,19+,20+/m0/s1. The van der Waals surface area contributed by atoms with Crippen molar-refractivity contribution in [3.8, 4) is 0 Å². The Labute approximate surface area is 139 Å². The van der Waals surface area contributed by atoms with E-state index in [1.165, 1.54) is 5.56 Å². The summed E-state index contributed by atoms with van der Waals surface area (Å²) in [7, 11) is 0. The molecule has 0 unspecified atom stereocenters. The second-order valence-electron chi connectivity index (χ2n) is 5.84. The van der Waals surface area contributed by atoms with Gasteiger partial charge in [-0.3, -0.25) is 0 Å². The molecule has 0 saturated carbocycles. The third-order valence-corrected chi connectivity index (χ3v) is 3.99.